The summed E-state index contributed by atoms with van der Waals surface area (Å²) in [5, 5.41) is 2.79. The van der Waals surface area contributed by atoms with Crippen molar-refractivity contribution in [2.45, 2.75) is 4.21 Å². The topological polar surface area (TPSA) is 76.9 Å². The van der Waals surface area contributed by atoms with E-state index < -0.39 is 0 Å². The van der Waals surface area contributed by atoms with Gasteiger partial charge in [-0.25, -0.2) is 14.5 Å². The van der Waals surface area contributed by atoms with Crippen molar-refractivity contribution in [3.05, 3.63) is 41.1 Å². The lowest BCUT2D eigenvalue weighted by Gasteiger charge is -2.11. The summed E-state index contributed by atoms with van der Waals surface area (Å²) in [6, 6.07) is 5.35. The predicted molar refractivity (Wildman–Crippen MR) is 82.4 cm³/mol. The van der Waals surface area contributed by atoms with Gasteiger partial charge in [-0.3, -0.25) is 9.59 Å². The molecule has 8 heteroatoms. The minimum absolute atomic E-state index is 0.0668. The standard InChI is InChI=1S/C13H8N4O2S2/c18-8-5-20-13-10(16-8)9-11(21-13)12(19)17(6-15-9)7-3-1-2-4-14-7/h1-4,6H,5H2,(H,16,18). The first kappa shape index (κ1) is 12.5. The summed E-state index contributed by atoms with van der Waals surface area (Å²) in [4.78, 5) is 32.6. The fourth-order valence-electron chi connectivity index (χ4n) is 2.13. The van der Waals surface area contributed by atoms with Crippen LogP contribution >= 0.6 is 23.1 Å². The van der Waals surface area contributed by atoms with E-state index in [0.29, 0.717) is 27.5 Å². The number of aromatic nitrogens is 3. The summed E-state index contributed by atoms with van der Waals surface area (Å²) >= 11 is 2.80. The second kappa shape index (κ2) is 4.68. The molecule has 0 aliphatic carbocycles. The van der Waals surface area contributed by atoms with E-state index in [4.69, 9.17) is 0 Å². The van der Waals surface area contributed by atoms with Crippen LogP contribution in [0.3, 0.4) is 0 Å². The Morgan fingerprint density at radius 3 is 2.95 bits per heavy atom. The molecule has 0 atom stereocenters. The molecule has 1 amide bonds. The molecule has 0 saturated carbocycles. The normalized spacial score (nSPS) is 14.0. The third-order valence-corrected chi connectivity index (χ3v) is 5.50. The lowest BCUT2D eigenvalue weighted by Crippen LogP contribution is -2.20. The van der Waals surface area contributed by atoms with Gasteiger partial charge in [0.15, 0.2) is 0 Å². The molecule has 21 heavy (non-hydrogen) atoms. The first-order chi connectivity index (χ1) is 10.2. The second-order valence-corrected chi connectivity index (χ2v) is 6.65. The van der Waals surface area contributed by atoms with Gasteiger partial charge in [0.25, 0.3) is 5.56 Å². The number of carbonyl (C=O) groups excluding carboxylic acids is 1. The molecule has 6 nitrogen and oxygen atoms in total. The van der Waals surface area contributed by atoms with Crippen LogP contribution in [0.1, 0.15) is 0 Å². The van der Waals surface area contributed by atoms with E-state index in [0.717, 1.165) is 4.21 Å². The van der Waals surface area contributed by atoms with E-state index in [1.807, 2.05) is 6.07 Å². The minimum Gasteiger partial charge on any atom is -0.322 e. The van der Waals surface area contributed by atoms with Crippen LogP contribution in [0.25, 0.3) is 16.0 Å². The van der Waals surface area contributed by atoms with Gasteiger partial charge in [0.1, 0.15) is 22.4 Å². The maximum atomic E-state index is 12.6. The zero-order chi connectivity index (χ0) is 14.4. The van der Waals surface area contributed by atoms with E-state index in [-0.39, 0.29) is 11.5 Å². The molecule has 0 spiro atoms. The smallest absolute Gasteiger partial charge is 0.277 e. The number of nitrogens with one attached hydrogen (secondary N) is 1. The largest absolute Gasteiger partial charge is 0.322 e. The molecule has 0 unspecified atom stereocenters. The molecule has 4 rings (SSSR count). The molecule has 1 N–H and O–H groups in total. The third kappa shape index (κ3) is 1.95. The maximum Gasteiger partial charge on any atom is 0.277 e. The fraction of sp³-hybridized carbons (Fsp3) is 0.0769. The fourth-order valence-corrected chi connectivity index (χ4v) is 4.29. The Hall–Kier alpha value is -2.19. The second-order valence-electron chi connectivity index (χ2n) is 4.39. The zero-order valence-electron chi connectivity index (χ0n) is 10.6. The molecule has 4 heterocycles. The predicted octanol–water partition coefficient (Wildman–Crippen LogP) is 1.89. The molecular formula is C13H8N4O2S2. The van der Waals surface area contributed by atoms with Crippen molar-refractivity contribution in [3.63, 3.8) is 0 Å². The number of carbonyl (C=O) groups is 1. The van der Waals surface area contributed by atoms with Gasteiger partial charge < -0.3 is 5.32 Å². The van der Waals surface area contributed by atoms with Gasteiger partial charge in [0.2, 0.25) is 5.91 Å². The van der Waals surface area contributed by atoms with Crippen molar-refractivity contribution < 1.29 is 4.79 Å². The van der Waals surface area contributed by atoms with Crippen molar-refractivity contribution in [2.75, 3.05) is 11.1 Å². The lowest BCUT2D eigenvalue weighted by molar-refractivity contribution is -0.113. The van der Waals surface area contributed by atoms with Gasteiger partial charge >= 0.3 is 0 Å². The van der Waals surface area contributed by atoms with Crippen LogP contribution in [0.15, 0.2) is 39.7 Å². The van der Waals surface area contributed by atoms with Crippen molar-refractivity contribution >= 4 is 44.9 Å². The summed E-state index contributed by atoms with van der Waals surface area (Å²) in [6.07, 6.45) is 3.08. The molecule has 104 valence electrons. The Morgan fingerprint density at radius 1 is 1.24 bits per heavy atom. The molecule has 0 aromatic carbocycles. The molecule has 0 fully saturated rings. The quantitative estimate of drug-likeness (QED) is 0.742. The van der Waals surface area contributed by atoms with Crippen LogP contribution in [0.4, 0.5) is 5.69 Å². The Labute approximate surface area is 126 Å². The first-order valence-electron chi connectivity index (χ1n) is 6.12. The van der Waals surface area contributed by atoms with E-state index in [1.165, 1.54) is 34.0 Å². The molecule has 0 saturated heterocycles. The minimum atomic E-state index is -0.173. The van der Waals surface area contributed by atoms with Crippen molar-refractivity contribution in [2.24, 2.45) is 0 Å². The Balaban J connectivity index is 1.97. The molecule has 1 aliphatic heterocycles. The Kier molecular flexibility index (Phi) is 2.79. The van der Waals surface area contributed by atoms with Crippen molar-refractivity contribution in [1.29, 1.82) is 0 Å². The van der Waals surface area contributed by atoms with Gasteiger partial charge in [-0.2, -0.15) is 0 Å². The number of pyridine rings is 1. The van der Waals surface area contributed by atoms with Gasteiger partial charge in [0, 0.05) is 6.20 Å². The number of amides is 1. The highest BCUT2D eigenvalue weighted by atomic mass is 32.2. The summed E-state index contributed by atoms with van der Waals surface area (Å²) in [5.74, 6) is 0.830. The number of hydrogen-bond donors (Lipinski definition) is 1. The van der Waals surface area contributed by atoms with Crippen molar-refractivity contribution in [3.8, 4) is 5.82 Å². The van der Waals surface area contributed by atoms with E-state index in [1.54, 1.807) is 18.3 Å². The average molecular weight is 316 g/mol. The van der Waals surface area contributed by atoms with E-state index >= 15 is 0 Å². The molecule has 1 aliphatic rings. The highest BCUT2D eigenvalue weighted by molar-refractivity contribution is 8.02. The molecule has 0 radical (unpaired) electrons. The highest BCUT2D eigenvalue weighted by Gasteiger charge is 2.23. The van der Waals surface area contributed by atoms with Crippen LogP contribution in [0.5, 0.6) is 0 Å². The number of thioether (sulfide) groups is 1. The number of hydrogen-bond acceptors (Lipinski definition) is 6. The van der Waals surface area contributed by atoms with Crippen LogP contribution in [-0.2, 0) is 4.79 Å². The summed E-state index contributed by atoms with van der Waals surface area (Å²) < 4.78 is 2.87. The van der Waals surface area contributed by atoms with Gasteiger partial charge in [0.05, 0.1) is 15.6 Å². The maximum absolute atomic E-state index is 12.6. The van der Waals surface area contributed by atoms with Crippen LogP contribution in [-0.4, -0.2) is 26.2 Å². The Bertz CT molecular complexity index is 917. The molecule has 0 bridgehead atoms. The van der Waals surface area contributed by atoms with Crippen LogP contribution in [0, 0.1) is 0 Å². The number of anilines is 1. The van der Waals surface area contributed by atoms with Crippen LogP contribution in [0.2, 0.25) is 0 Å². The average Bonchev–Trinajstić information content (AvgIpc) is 2.87. The highest BCUT2D eigenvalue weighted by Crippen LogP contribution is 2.42. The van der Waals surface area contributed by atoms with Gasteiger partial charge in [-0.15, -0.1) is 23.1 Å². The monoisotopic (exact) mass is 316 g/mol. The summed E-state index contributed by atoms with van der Waals surface area (Å²) in [5.41, 5.74) is 1.03. The van der Waals surface area contributed by atoms with E-state index in [2.05, 4.69) is 15.3 Å². The molecule has 3 aromatic rings. The number of thiophene rings is 1. The summed E-state index contributed by atoms with van der Waals surface area (Å²) in [7, 11) is 0. The lowest BCUT2D eigenvalue weighted by atomic mass is 10.4. The number of fused-ring (bicyclic) bond motifs is 3. The SMILES string of the molecule is O=C1CSc2sc3c(=O)n(-c4ccccn4)cnc3c2N1. The van der Waals surface area contributed by atoms with Gasteiger partial charge in [-0.1, -0.05) is 6.07 Å². The zero-order valence-corrected chi connectivity index (χ0v) is 12.2. The van der Waals surface area contributed by atoms with E-state index in [9.17, 15) is 9.59 Å². The third-order valence-electron chi connectivity index (χ3n) is 3.06. The van der Waals surface area contributed by atoms with Crippen LogP contribution < -0.4 is 10.9 Å². The van der Waals surface area contributed by atoms with Crippen molar-refractivity contribution in [1.82, 2.24) is 14.5 Å². The first-order valence-corrected chi connectivity index (χ1v) is 7.92. The molecular weight excluding hydrogens is 308 g/mol. The van der Waals surface area contributed by atoms with Gasteiger partial charge in [-0.05, 0) is 12.1 Å². The Morgan fingerprint density at radius 2 is 2.14 bits per heavy atom. The summed E-state index contributed by atoms with van der Waals surface area (Å²) in [6.45, 7) is 0. The number of nitrogens with zero attached hydrogens (tertiary/aromatic N) is 3. The number of rotatable bonds is 1. The molecule has 3 aromatic heterocycles.